The summed E-state index contributed by atoms with van der Waals surface area (Å²) in [6, 6.07) is 17.3. The molecule has 0 heterocycles. The first-order valence-electron chi connectivity index (χ1n) is 7.01. The zero-order chi connectivity index (χ0) is 16.5. The molecule has 2 aromatic carbocycles. The number of nitrogens with one attached hydrogen (secondary N) is 1. The van der Waals surface area contributed by atoms with Crippen molar-refractivity contribution in [2.45, 2.75) is 17.5 Å². The largest absolute Gasteiger partial charge is 0.548 e. The third-order valence-electron chi connectivity index (χ3n) is 2.95. The number of aliphatic carboxylic acids is 1. The van der Waals surface area contributed by atoms with Crippen LogP contribution in [0.1, 0.15) is 5.56 Å². The van der Waals surface area contributed by atoms with Crippen LogP contribution in [0.5, 0.6) is 0 Å². The Bertz CT molecular complexity index is 634. The van der Waals surface area contributed by atoms with Gasteiger partial charge in [0.25, 0.3) is 0 Å². The monoisotopic (exact) mass is 330 g/mol. The molecule has 0 aliphatic heterocycles. The van der Waals surface area contributed by atoms with Crippen LogP contribution in [-0.2, 0) is 16.1 Å². The lowest BCUT2D eigenvalue weighted by molar-refractivity contribution is -0.307. The Hall–Kier alpha value is -2.47. The number of carboxylic acids is 1. The molecule has 5 nitrogen and oxygen atoms in total. The van der Waals surface area contributed by atoms with Gasteiger partial charge in [-0.25, -0.2) is 4.79 Å². The molecule has 0 saturated carbocycles. The van der Waals surface area contributed by atoms with Gasteiger partial charge in [0, 0.05) is 10.6 Å². The van der Waals surface area contributed by atoms with E-state index in [1.54, 1.807) is 0 Å². The lowest BCUT2D eigenvalue weighted by atomic mass is 10.2. The average molecular weight is 330 g/mol. The summed E-state index contributed by atoms with van der Waals surface area (Å²) in [6.45, 7) is 0.0816. The Morgan fingerprint density at radius 1 is 1.04 bits per heavy atom. The Morgan fingerprint density at radius 2 is 1.65 bits per heavy atom. The van der Waals surface area contributed by atoms with Gasteiger partial charge < -0.3 is 20.0 Å². The molecule has 1 N–H and O–H groups in total. The molecule has 0 aromatic heterocycles. The van der Waals surface area contributed by atoms with Crippen molar-refractivity contribution in [2.75, 3.05) is 5.75 Å². The fourth-order valence-electron chi connectivity index (χ4n) is 1.77. The van der Waals surface area contributed by atoms with E-state index < -0.39 is 18.1 Å². The van der Waals surface area contributed by atoms with Crippen molar-refractivity contribution in [1.82, 2.24) is 5.32 Å². The van der Waals surface area contributed by atoms with E-state index in [1.165, 1.54) is 11.8 Å². The fraction of sp³-hybridized carbons (Fsp3) is 0.176. The van der Waals surface area contributed by atoms with Crippen LogP contribution in [0.2, 0.25) is 0 Å². The minimum Gasteiger partial charge on any atom is -0.548 e. The molecule has 1 atom stereocenters. The predicted octanol–water partition coefficient (Wildman–Crippen LogP) is 1.82. The zero-order valence-electron chi connectivity index (χ0n) is 12.3. The molecule has 2 rings (SSSR count). The first kappa shape index (κ1) is 16.9. The van der Waals surface area contributed by atoms with E-state index in [0.29, 0.717) is 0 Å². The van der Waals surface area contributed by atoms with E-state index in [0.717, 1.165) is 10.5 Å². The summed E-state index contributed by atoms with van der Waals surface area (Å²) in [6.07, 6.45) is -0.781. The third-order valence-corrected chi connectivity index (χ3v) is 4.05. The lowest BCUT2D eigenvalue weighted by Crippen LogP contribution is -2.49. The summed E-state index contributed by atoms with van der Waals surface area (Å²) in [5, 5.41) is 13.4. The number of hydrogen-bond acceptors (Lipinski definition) is 5. The van der Waals surface area contributed by atoms with Gasteiger partial charge in [0.05, 0.1) is 12.0 Å². The average Bonchev–Trinajstić information content (AvgIpc) is 2.58. The molecule has 23 heavy (non-hydrogen) atoms. The number of thioether (sulfide) groups is 1. The molecule has 1 amide bonds. The molecule has 0 spiro atoms. The Balaban J connectivity index is 1.81. The normalized spacial score (nSPS) is 11.5. The van der Waals surface area contributed by atoms with E-state index in [1.807, 2.05) is 60.7 Å². The standard InChI is InChI=1S/C17H17NO4S/c19-16(20)15(12-23-14-9-5-2-6-10-14)18-17(21)22-11-13-7-3-1-4-8-13/h1-10,15H,11-12H2,(H,18,21)(H,19,20)/p-1/t15-/m0/s1. The number of rotatable bonds is 7. The van der Waals surface area contributed by atoms with Gasteiger partial charge in [0.1, 0.15) is 6.61 Å². The molecular weight excluding hydrogens is 314 g/mol. The number of carbonyl (C=O) groups excluding carboxylic acids is 2. The molecule has 120 valence electrons. The maximum absolute atomic E-state index is 11.7. The van der Waals surface area contributed by atoms with Crippen LogP contribution >= 0.6 is 11.8 Å². The van der Waals surface area contributed by atoms with Crippen molar-refractivity contribution in [3.8, 4) is 0 Å². The van der Waals surface area contributed by atoms with Crippen LogP contribution < -0.4 is 10.4 Å². The second-order valence-electron chi connectivity index (χ2n) is 4.70. The molecule has 0 aliphatic carbocycles. The van der Waals surface area contributed by atoms with Crippen LogP contribution in [0.3, 0.4) is 0 Å². The summed E-state index contributed by atoms with van der Waals surface area (Å²) in [5.74, 6) is -1.18. The number of carboxylic acid groups (broad SMARTS) is 1. The highest BCUT2D eigenvalue weighted by molar-refractivity contribution is 7.99. The zero-order valence-corrected chi connectivity index (χ0v) is 13.1. The van der Waals surface area contributed by atoms with Gasteiger partial charge in [-0.2, -0.15) is 0 Å². The van der Waals surface area contributed by atoms with Crippen molar-refractivity contribution >= 4 is 23.8 Å². The Kier molecular flexibility index (Phi) is 6.50. The molecule has 2 aromatic rings. The van der Waals surface area contributed by atoms with E-state index in [4.69, 9.17) is 4.74 Å². The van der Waals surface area contributed by atoms with Gasteiger partial charge in [0.2, 0.25) is 0 Å². The number of carbonyl (C=O) groups is 2. The smallest absolute Gasteiger partial charge is 0.408 e. The summed E-state index contributed by atoms with van der Waals surface area (Å²) in [5.41, 5.74) is 0.825. The predicted molar refractivity (Wildman–Crippen MR) is 85.7 cm³/mol. The molecular formula is C17H16NO4S-. The van der Waals surface area contributed by atoms with Gasteiger partial charge in [-0.3, -0.25) is 0 Å². The maximum atomic E-state index is 11.7. The Labute approximate surface area is 138 Å². The summed E-state index contributed by atoms with van der Waals surface area (Å²) < 4.78 is 5.01. The first-order chi connectivity index (χ1) is 11.1. The molecule has 0 radical (unpaired) electrons. The number of alkyl carbamates (subject to hydrolysis) is 1. The second-order valence-corrected chi connectivity index (χ2v) is 5.80. The minimum absolute atomic E-state index is 0.0816. The minimum atomic E-state index is -1.34. The van der Waals surface area contributed by atoms with Crippen LogP contribution in [0, 0.1) is 0 Å². The summed E-state index contributed by atoms with van der Waals surface area (Å²) in [4.78, 5) is 23.8. The van der Waals surface area contributed by atoms with Crippen molar-refractivity contribution in [2.24, 2.45) is 0 Å². The van der Waals surface area contributed by atoms with E-state index in [2.05, 4.69) is 5.32 Å². The molecule has 0 bridgehead atoms. The molecule has 6 heteroatoms. The highest BCUT2D eigenvalue weighted by atomic mass is 32.2. The van der Waals surface area contributed by atoms with Gasteiger partial charge in [-0.15, -0.1) is 11.8 Å². The van der Waals surface area contributed by atoms with Crippen molar-refractivity contribution in [1.29, 1.82) is 0 Å². The molecule has 0 aliphatic rings. The van der Waals surface area contributed by atoms with Crippen LogP contribution in [-0.4, -0.2) is 23.9 Å². The number of benzene rings is 2. The molecule has 0 unspecified atom stereocenters. The number of ether oxygens (including phenoxy) is 1. The second kappa shape index (κ2) is 8.85. The SMILES string of the molecule is O=C(N[C@@H](CSc1ccccc1)C(=O)[O-])OCc1ccccc1. The van der Waals surface area contributed by atoms with E-state index in [-0.39, 0.29) is 12.4 Å². The lowest BCUT2D eigenvalue weighted by Gasteiger charge is -2.19. The van der Waals surface area contributed by atoms with Gasteiger partial charge >= 0.3 is 6.09 Å². The van der Waals surface area contributed by atoms with Crippen molar-refractivity contribution in [3.05, 3.63) is 66.2 Å². The van der Waals surface area contributed by atoms with Crippen LogP contribution in [0.15, 0.2) is 65.6 Å². The third kappa shape index (κ3) is 6.04. The summed E-state index contributed by atoms with van der Waals surface area (Å²) in [7, 11) is 0. The fourth-order valence-corrected chi connectivity index (χ4v) is 2.70. The molecule has 0 fully saturated rings. The first-order valence-corrected chi connectivity index (χ1v) is 7.99. The topological polar surface area (TPSA) is 78.5 Å². The molecule has 0 saturated heterocycles. The highest BCUT2D eigenvalue weighted by Crippen LogP contribution is 2.17. The number of hydrogen-bond donors (Lipinski definition) is 1. The maximum Gasteiger partial charge on any atom is 0.408 e. The van der Waals surface area contributed by atoms with Crippen molar-refractivity contribution < 1.29 is 19.4 Å². The highest BCUT2D eigenvalue weighted by Gasteiger charge is 2.15. The van der Waals surface area contributed by atoms with Gasteiger partial charge in [-0.1, -0.05) is 48.5 Å². The van der Waals surface area contributed by atoms with Crippen LogP contribution in [0.4, 0.5) is 4.79 Å². The van der Waals surface area contributed by atoms with E-state index in [9.17, 15) is 14.7 Å². The van der Waals surface area contributed by atoms with Gasteiger partial charge in [-0.05, 0) is 17.7 Å². The van der Waals surface area contributed by atoms with E-state index >= 15 is 0 Å². The number of amides is 1. The Morgan fingerprint density at radius 3 is 2.26 bits per heavy atom. The van der Waals surface area contributed by atoms with Crippen LogP contribution in [0.25, 0.3) is 0 Å². The van der Waals surface area contributed by atoms with Gasteiger partial charge in [0.15, 0.2) is 0 Å². The summed E-state index contributed by atoms with van der Waals surface area (Å²) >= 11 is 1.32. The van der Waals surface area contributed by atoms with Crippen molar-refractivity contribution in [3.63, 3.8) is 0 Å². The quantitative estimate of drug-likeness (QED) is 0.784.